The Kier molecular flexibility index (Phi) is 5.61. The highest BCUT2D eigenvalue weighted by molar-refractivity contribution is 8.00. The van der Waals surface area contributed by atoms with E-state index in [0.717, 1.165) is 24.2 Å². The molecule has 7 nitrogen and oxygen atoms in total. The van der Waals surface area contributed by atoms with Crippen molar-refractivity contribution in [2.24, 2.45) is 5.73 Å². The molecule has 1 aliphatic carbocycles. The Morgan fingerprint density at radius 2 is 1.96 bits per heavy atom. The Balaban J connectivity index is 1.91. The lowest BCUT2D eigenvalue weighted by Gasteiger charge is -2.20. The second-order valence-electron chi connectivity index (χ2n) is 6.62. The molecule has 0 aliphatic heterocycles. The molecule has 0 saturated heterocycles. The van der Waals surface area contributed by atoms with Gasteiger partial charge in [-0.1, -0.05) is 42.1 Å². The molecule has 2 N–H and O–H groups in total. The van der Waals surface area contributed by atoms with Gasteiger partial charge in [-0.15, -0.1) is 10.2 Å². The molecular weight excluding hydrogens is 350 g/mol. The van der Waals surface area contributed by atoms with Gasteiger partial charge in [0.2, 0.25) is 11.8 Å². The van der Waals surface area contributed by atoms with E-state index in [1.807, 2.05) is 34.9 Å². The van der Waals surface area contributed by atoms with Crippen molar-refractivity contribution in [1.82, 2.24) is 19.7 Å². The van der Waals surface area contributed by atoms with Crippen LogP contribution in [0.4, 0.5) is 0 Å². The Morgan fingerprint density at radius 3 is 2.54 bits per heavy atom. The topological polar surface area (TPSA) is 94.1 Å². The summed E-state index contributed by atoms with van der Waals surface area (Å²) in [4.78, 5) is 25.6. The minimum Gasteiger partial charge on any atom is -0.370 e. The lowest BCUT2D eigenvalue weighted by Crippen LogP contribution is -2.27. The van der Waals surface area contributed by atoms with Crippen molar-refractivity contribution in [2.45, 2.75) is 42.1 Å². The number of hydrogen-bond acceptors (Lipinski definition) is 5. The molecule has 1 saturated carbocycles. The van der Waals surface area contributed by atoms with Gasteiger partial charge in [0.1, 0.15) is 11.1 Å². The van der Waals surface area contributed by atoms with Crippen LogP contribution in [0.2, 0.25) is 0 Å². The SMILES string of the molecule is CN(C)C(=O)C(Sc1nnc(C2CC2)n1CCC(N)=O)c1ccccc1. The Bertz CT molecular complexity index is 786. The Morgan fingerprint density at radius 1 is 1.27 bits per heavy atom. The summed E-state index contributed by atoms with van der Waals surface area (Å²) in [6.45, 7) is 0.439. The van der Waals surface area contributed by atoms with Crippen LogP contribution in [0.3, 0.4) is 0 Å². The summed E-state index contributed by atoms with van der Waals surface area (Å²) in [5.74, 6) is 0.904. The summed E-state index contributed by atoms with van der Waals surface area (Å²) in [6, 6.07) is 9.63. The molecular formula is C18H23N5O2S. The van der Waals surface area contributed by atoms with Crippen molar-refractivity contribution in [3.8, 4) is 0 Å². The first-order valence-corrected chi connectivity index (χ1v) is 9.49. The summed E-state index contributed by atoms with van der Waals surface area (Å²) in [7, 11) is 3.48. The van der Waals surface area contributed by atoms with E-state index in [4.69, 9.17) is 5.73 Å². The number of carbonyl (C=O) groups is 2. The van der Waals surface area contributed by atoms with Crippen LogP contribution in [0.1, 0.15) is 41.8 Å². The summed E-state index contributed by atoms with van der Waals surface area (Å²) in [5.41, 5.74) is 6.23. The first-order valence-electron chi connectivity index (χ1n) is 8.61. The van der Waals surface area contributed by atoms with Gasteiger partial charge in [0.05, 0.1) is 0 Å². The molecule has 2 amide bonds. The fraction of sp³-hybridized carbons (Fsp3) is 0.444. The summed E-state index contributed by atoms with van der Waals surface area (Å²) in [6.07, 6.45) is 2.39. The van der Waals surface area contributed by atoms with Crippen molar-refractivity contribution in [1.29, 1.82) is 0 Å². The molecule has 1 unspecified atom stereocenters. The number of carbonyl (C=O) groups excluding carboxylic acids is 2. The van der Waals surface area contributed by atoms with Gasteiger partial charge in [0.15, 0.2) is 5.16 Å². The van der Waals surface area contributed by atoms with Gasteiger partial charge in [-0.3, -0.25) is 9.59 Å². The van der Waals surface area contributed by atoms with E-state index in [1.54, 1.807) is 19.0 Å². The minimum atomic E-state index is -0.421. The Hall–Kier alpha value is -2.35. The van der Waals surface area contributed by atoms with Crippen molar-refractivity contribution in [3.05, 3.63) is 41.7 Å². The molecule has 2 aromatic rings. The van der Waals surface area contributed by atoms with Crippen LogP contribution in [-0.2, 0) is 16.1 Å². The predicted octanol–water partition coefficient (Wildman–Crippen LogP) is 1.95. The van der Waals surface area contributed by atoms with E-state index in [0.29, 0.717) is 17.6 Å². The number of nitrogens with zero attached hydrogens (tertiary/aromatic N) is 4. The number of primary amides is 1. The third-order valence-corrected chi connectivity index (χ3v) is 5.48. The van der Waals surface area contributed by atoms with Crippen LogP contribution >= 0.6 is 11.8 Å². The normalized spacial score (nSPS) is 14.8. The van der Waals surface area contributed by atoms with Crippen LogP contribution in [0, 0.1) is 0 Å². The number of likely N-dealkylation sites (N-methyl/N-ethyl adjacent to an activating group) is 1. The smallest absolute Gasteiger partial charge is 0.240 e. The molecule has 8 heteroatoms. The van der Waals surface area contributed by atoms with Gasteiger partial charge >= 0.3 is 0 Å². The van der Waals surface area contributed by atoms with Gasteiger partial charge in [-0.05, 0) is 18.4 Å². The number of amides is 2. The summed E-state index contributed by atoms with van der Waals surface area (Å²) in [5, 5.41) is 8.87. The van der Waals surface area contributed by atoms with Crippen LogP contribution in [-0.4, -0.2) is 45.6 Å². The average molecular weight is 373 g/mol. The van der Waals surface area contributed by atoms with Crippen molar-refractivity contribution >= 4 is 23.6 Å². The molecule has 0 bridgehead atoms. The van der Waals surface area contributed by atoms with Crippen LogP contribution in [0.15, 0.2) is 35.5 Å². The van der Waals surface area contributed by atoms with Crippen LogP contribution < -0.4 is 5.73 Å². The molecule has 0 radical (unpaired) electrons. The van der Waals surface area contributed by atoms with Gasteiger partial charge in [-0.2, -0.15) is 0 Å². The summed E-state index contributed by atoms with van der Waals surface area (Å²) >= 11 is 1.37. The number of benzene rings is 1. The standard InChI is InChI=1S/C18H23N5O2S/c1-22(2)17(25)15(12-6-4-3-5-7-12)26-18-21-20-16(13-8-9-13)23(18)11-10-14(19)24/h3-7,13,15H,8-11H2,1-2H3,(H2,19,24). The zero-order valence-electron chi connectivity index (χ0n) is 15.0. The Labute approximate surface area is 157 Å². The van der Waals surface area contributed by atoms with Crippen molar-refractivity contribution in [3.63, 3.8) is 0 Å². The summed E-state index contributed by atoms with van der Waals surface area (Å²) < 4.78 is 1.95. The van der Waals surface area contributed by atoms with Gasteiger partial charge in [0.25, 0.3) is 0 Å². The highest BCUT2D eigenvalue weighted by atomic mass is 32.2. The van der Waals surface area contributed by atoms with Gasteiger partial charge in [0, 0.05) is 33.0 Å². The van der Waals surface area contributed by atoms with Crippen molar-refractivity contribution < 1.29 is 9.59 Å². The maximum atomic E-state index is 12.8. The second kappa shape index (κ2) is 7.90. The highest BCUT2D eigenvalue weighted by Gasteiger charge is 2.32. The van der Waals surface area contributed by atoms with E-state index in [-0.39, 0.29) is 18.2 Å². The van der Waals surface area contributed by atoms with Crippen LogP contribution in [0.25, 0.3) is 0 Å². The molecule has 138 valence electrons. The molecule has 1 aromatic carbocycles. The zero-order chi connectivity index (χ0) is 18.7. The number of nitrogens with two attached hydrogens (primary N) is 1. The highest BCUT2D eigenvalue weighted by Crippen LogP contribution is 2.42. The first-order chi connectivity index (χ1) is 12.5. The van der Waals surface area contributed by atoms with Crippen molar-refractivity contribution in [2.75, 3.05) is 14.1 Å². The van der Waals surface area contributed by atoms with E-state index < -0.39 is 5.25 Å². The predicted molar refractivity (Wildman–Crippen MR) is 99.5 cm³/mol. The molecule has 3 rings (SSSR count). The van der Waals surface area contributed by atoms with E-state index in [1.165, 1.54) is 11.8 Å². The third-order valence-electron chi connectivity index (χ3n) is 4.26. The first kappa shape index (κ1) is 18.4. The molecule has 1 fully saturated rings. The quantitative estimate of drug-likeness (QED) is 0.714. The average Bonchev–Trinajstić information content (AvgIpc) is 3.39. The minimum absolute atomic E-state index is 0.0152. The molecule has 26 heavy (non-hydrogen) atoms. The largest absolute Gasteiger partial charge is 0.370 e. The molecule has 1 aromatic heterocycles. The lowest BCUT2D eigenvalue weighted by atomic mass is 10.1. The van der Waals surface area contributed by atoms with E-state index in [9.17, 15) is 9.59 Å². The lowest BCUT2D eigenvalue weighted by molar-refractivity contribution is -0.128. The number of hydrogen-bond donors (Lipinski definition) is 1. The monoisotopic (exact) mass is 373 g/mol. The molecule has 1 atom stereocenters. The maximum Gasteiger partial charge on any atom is 0.240 e. The fourth-order valence-corrected chi connectivity index (χ4v) is 3.91. The van der Waals surface area contributed by atoms with Gasteiger partial charge in [-0.25, -0.2) is 0 Å². The van der Waals surface area contributed by atoms with E-state index >= 15 is 0 Å². The maximum absolute atomic E-state index is 12.8. The van der Waals surface area contributed by atoms with E-state index in [2.05, 4.69) is 10.2 Å². The molecule has 0 spiro atoms. The molecule has 1 heterocycles. The number of aromatic nitrogens is 3. The third kappa shape index (κ3) is 4.24. The number of thioether (sulfide) groups is 1. The second-order valence-corrected chi connectivity index (χ2v) is 7.70. The van der Waals surface area contributed by atoms with Crippen LogP contribution in [0.5, 0.6) is 0 Å². The van der Waals surface area contributed by atoms with Gasteiger partial charge < -0.3 is 15.2 Å². The zero-order valence-corrected chi connectivity index (χ0v) is 15.8. The fourth-order valence-electron chi connectivity index (χ4n) is 2.69. The molecule has 1 aliphatic rings. The number of rotatable bonds is 8.